The number of furan rings is 1. The summed E-state index contributed by atoms with van der Waals surface area (Å²) < 4.78 is 6.28. The van der Waals surface area contributed by atoms with E-state index in [1.807, 2.05) is 19.1 Å². The van der Waals surface area contributed by atoms with Gasteiger partial charge in [-0.3, -0.25) is 0 Å². The van der Waals surface area contributed by atoms with Gasteiger partial charge in [0.25, 0.3) is 7.41 Å². The molecule has 2 bridgehead atoms. The summed E-state index contributed by atoms with van der Waals surface area (Å²) in [6, 6.07) is 15.9. The molecule has 5 heterocycles. The summed E-state index contributed by atoms with van der Waals surface area (Å²) >= 11 is 0. The summed E-state index contributed by atoms with van der Waals surface area (Å²) in [5, 5.41) is 11.5. The van der Waals surface area contributed by atoms with Gasteiger partial charge in [-0.1, -0.05) is 25.0 Å². The molecule has 0 amide bonds. The molecule has 3 N–H and O–H groups in total. The largest absolute Gasteiger partial charge is 0.454 e. The molecule has 1 radical (unpaired) electrons. The van der Waals surface area contributed by atoms with Crippen molar-refractivity contribution < 1.29 is 14.2 Å². The fraction of sp³-hybridized carbons (Fsp3) is 0.441. The van der Waals surface area contributed by atoms with E-state index in [0.29, 0.717) is 23.9 Å². The molecular weight excluding hydrogens is 562 g/mol. The van der Waals surface area contributed by atoms with Gasteiger partial charge in [0, 0.05) is 17.5 Å². The van der Waals surface area contributed by atoms with Crippen molar-refractivity contribution in [3.63, 3.8) is 0 Å². The third kappa shape index (κ3) is 4.54. The number of carbonyl (C=O) groups is 1. The number of rotatable bonds is 7. The van der Waals surface area contributed by atoms with Crippen molar-refractivity contribution in [2.24, 2.45) is 11.8 Å². The van der Waals surface area contributed by atoms with Crippen LogP contribution in [0.15, 0.2) is 53.1 Å². The van der Waals surface area contributed by atoms with Gasteiger partial charge in [-0.15, -0.1) is 0 Å². The Balaban J connectivity index is 0.983. The van der Waals surface area contributed by atoms with Gasteiger partial charge < -0.3 is 33.8 Å². The van der Waals surface area contributed by atoms with Crippen molar-refractivity contribution in [3.05, 3.63) is 60.3 Å². The summed E-state index contributed by atoms with van der Waals surface area (Å²) in [6.07, 6.45) is 12.2. The number of nitrogens with one attached hydrogen (secondary N) is 2. The summed E-state index contributed by atoms with van der Waals surface area (Å²) in [5.74, 6) is 3.77. The number of hydrogen-bond acceptors (Lipinski definition) is 7. The number of nitrogens with zero attached hydrogens (tertiary/aromatic N) is 4. The molecule has 227 valence electrons. The first kappa shape index (κ1) is 27.6. The van der Waals surface area contributed by atoms with Gasteiger partial charge in [0.05, 0.1) is 35.5 Å². The number of carbonyl (C=O) groups excluding carboxylic acids is 1. The SMILES string of the molecule is CB(O)N1C2CCC(C2)[C@H]1c1nc2ccc(-c3ccc4oc(-c5cnc([C@@H]6CC7CCCCC7N6[B]C=O)[nH]5)cc4c3)cc2[nH]1. The average Bonchev–Trinajstić information content (AvgIpc) is 3.89. The van der Waals surface area contributed by atoms with E-state index in [0.717, 1.165) is 88.1 Å². The lowest BCUT2D eigenvalue weighted by Gasteiger charge is -2.34. The third-order valence-corrected chi connectivity index (χ3v) is 11.2. The van der Waals surface area contributed by atoms with Crippen LogP contribution in [0.25, 0.3) is 44.6 Å². The molecular formula is C34H37B2N6O3. The number of hydrogen-bond donors (Lipinski definition) is 3. The first-order valence-corrected chi connectivity index (χ1v) is 16.6. The molecule has 9 rings (SSSR count). The molecule has 4 aliphatic rings. The lowest BCUT2D eigenvalue weighted by Crippen LogP contribution is -2.44. The number of aromatic nitrogens is 4. The smallest absolute Gasteiger partial charge is 0.377 e. The van der Waals surface area contributed by atoms with E-state index in [2.05, 4.69) is 56.0 Å². The second-order valence-electron chi connectivity index (χ2n) is 13.7. The van der Waals surface area contributed by atoms with E-state index in [9.17, 15) is 9.82 Å². The van der Waals surface area contributed by atoms with Gasteiger partial charge in [0.2, 0.25) is 0 Å². The third-order valence-electron chi connectivity index (χ3n) is 11.2. The molecule has 2 aliphatic carbocycles. The molecule has 45 heavy (non-hydrogen) atoms. The summed E-state index contributed by atoms with van der Waals surface area (Å²) in [5.41, 5.74) is 5.86. The van der Waals surface area contributed by atoms with Gasteiger partial charge in [-0.2, -0.15) is 0 Å². The van der Waals surface area contributed by atoms with Crippen LogP contribution in [-0.2, 0) is 4.79 Å². The number of benzene rings is 2. The predicted molar refractivity (Wildman–Crippen MR) is 176 cm³/mol. The van der Waals surface area contributed by atoms with Crippen molar-refractivity contribution in [3.8, 4) is 22.6 Å². The maximum absolute atomic E-state index is 11.5. The van der Waals surface area contributed by atoms with Crippen LogP contribution >= 0.6 is 0 Å². The van der Waals surface area contributed by atoms with E-state index in [-0.39, 0.29) is 12.1 Å². The van der Waals surface area contributed by atoms with E-state index in [4.69, 9.17) is 14.4 Å². The van der Waals surface area contributed by atoms with Gasteiger partial charge in [-0.05, 0) is 98.6 Å². The quantitative estimate of drug-likeness (QED) is 0.153. The normalized spacial score (nSPS) is 28.3. The summed E-state index contributed by atoms with van der Waals surface area (Å²) in [4.78, 5) is 32.9. The standard InChI is InChI=1S/C34H37B2N6O3/c1-36(44)42-24-9-6-22(13-24)32(42)34-38-25-10-7-20(14-26(25)39-34)19-8-11-30-23(12-19)16-31(45-30)27-17-37-33(40-27)29-15-21-4-2-3-5-28(21)41(29)35-18-43/h7-8,10-12,14,16-18,21-22,24,28-29,32,44H,2-6,9,13,15H2,1H3,(H,37,40)(H,38,39)/t21?,22?,24?,28?,29-,32-/m0/s1. The average molecular weight is 599 g/mol. The zero-order chi connectivity index (χ0) is 30.2. The molecule has 11 heteroatoms. The Labute approximate surface area is 263 Å². The maximum atomic E-state index is 11.5. The molecule has 2 aromatic carbocycles. The molecule has 3 aromatic heterocycles. The minimum atomic E-state index is -0.475. The van der Waals surface area contributed by atoms with Crippen molar-refractivity contribution in [1.29, 1.82) is 0 Å². The summed E-state index contributed by atoms with van der Waals surface area (Å²) in [6.45, 7) is 1.88. The fourth-order valence-corrected chi connectivity index (χ4v) is 9.29. The van der Waals surface area contributed by atoms with Crippen LogP contribution in [-0.4, -0.2) is 67.3 Å². The minimum absolute atomic E-state index is 0.0878. The van der Waals surface area contributed by atoms with E-state index in [1.54, 1.807) is 7.41 Å². The Kier molecular flexibility index (Phi) is 6.58. The molecule has 6 atom stereocenters. The minimum Gasteiger partial charge on any atom is -0.454 e. The maximum Gasteiger partial charge on any atom is 0.377 e. The van der Waals surface area contributed by atoms with Gasteiger partial charge in [-0.25, -0.2) is 9.97 Å². The van der Waals surface area contributed by atoms with Gasteiger partial charge in [0.15, 0.2) is 5.76 Å². The Morgan fingerprint density at radius 2 is 1.87 bits per heavy atom. The number of H-pyrrole nitrogens is 2. The molecule has 4 unspecified atom stereocenters. The Hall–Kier alpha value is -3.66. The highest BCUT2D eigenvalue weighted by atomic mass is 16.3. The second kappa shape index (κ2) is 10.7. The highest BCUT2D eigenvalue weighted by Gasteiger charge is 2.50. The van der Waals surface area contributed by atoms with Gasteiger partial charge in [0.1, 0.15) is 22.9 Å². The van der Waals surface area contributed by atoms with Crippen LogP contribution in [0.5, 0.6) is 0 Å². The fourth-order valence-electron chi connectivity index (χ4n) is 9.29. The first-order valence-electron chi connectivity index (χ1n) is 16.6. The molecule has 5 aromatic rings. The lowest BCUT2D eigenvalue weighted by molar-refractivity contribution is 0.211. The topological polar surface area (TPSA) is 114 Å². The van der Waals surface area contributed by atoms with Crippen LogP contribution in [0.4, 0.5) is 0 Å². The van der Waals surface area contributed by atoms with E-state index >= 15 is 0 Å². The highest BCUT2D eigenvalue weighted by Crippen LogP contribution is 2.50. The van der Waals surface area contributed by atoms with E-state index in [1.165, 1.54) is 25.7 Å². The van der Waals surface area contributed by atoms with Crippen LogP contribution < -0.4 is 0 Å². The van der Waals surface area contributed by atoms with E-state index < -0.39 is 7.05 Å². The number of piperidine rings is 1. The zero-order valence-electron chi connectivity index (χ0n) is 25.5. The van der Waals surface area contributed by atoms with Crippen LogP contribution in [0.1, 0.15) is 75.1 Å². The predicted octanol–water partition coefficient (Wildman–Crippen LogP) is 6.12. The van der Waals surface area contributed by atoms with Crippen molar-refractivity contribution in [2.75, 3.05) is 0 Å². The summed E-state index contributed by atoms with van der Waals surface area (Å²) in [7, 11) is 1.24. The first-order chi connectivity index (χ1) is 22.0. The Morgan fingerprint density at radius 3 is 2.76 bits per heavy atom. The van der Waals surface area contributed by atoms with Gasteiger partial charge >= 0.3 is 7.05 Å². The monoisotopic (exact) mass is 599 g/mol. The highest BCUT2D eigenvalue weighted by molar-refractivity contribution is 6.64. The van der Waals surface area contributed by atoms with Crippen molar-refractivity contribution in [2.45, 2.75) is 82.4 Å². The van der Waals surface area contributed by atoms with Crippen molar-refractivity contribution in [1.82, 2.24) is 29.6 Å². The van der Waals surface area contributed by atoms with Crippen LogP contribution in [0.3, 0.4) is 0 Å². The number of imidazole rings is 2. The van der Waals surface area contributed by atoms with Crippen molar-refractivity contribution >= 4 is 42.7 Å². The molecule has 4 fully saturated rings. The molecule has 2 saturated carbocycles. The number of aromatic amines is 2. The molecule has 2 aliphatic heterocycles. The molecule has 2 saturated heterocycles. The Morgan fingerprint density at radius 1 is 1.00 bits per heavy atom. The second-order valence-corrected chi connectivity index (χ2v) is 13.7. The van der Waals surface area contributed by atoms with Crippen LogP contribution in [0, 0.1) is 11.8 Å². The van der Waals surface area contributed by atoms with Crippen LogP contribution in [0.2, 0.25) is 6.82 Å². The lowest BCUT2D eigenvalue weighted by atomic mass is 9.79. The Bertz CT molecular complexity index is 1900. The molecule has 0 spiro atoms. The zero-order valence-corrected chi connectivity index (χ0v) is 25.5. The number of fused-ring (bicyclic) bond motifs is 5. The molecule has 9 nitrogen and oxygen atoms in total.